The monoisotopic (exact) mass is 319 g/mol. The average molecular weight is 320 g/mol. The summed E-state index contributed by atoms with van der Waals surface area (Å²) in [6.45, 7) is 1.23. The minimum atomic E-state index is -1.09. The third-order valence-corrected chi connectivity index (χ3v) is 4.26. The predicted molar refractivity (Wildman–Crippen MR) is 83.5 cm³/mol. The van der Waals surface area contributed by atoms with E-state index in [1.54, 1.807) is 23.2 Å². The number of aliphatic hydroxyl groups is 1. The highest BCUT2D eigenvalue weighted by molar-refractivity contribution is 6.30. The van der Waals surface area contributed by atoms with Crippen LogP contribution in [0.15, 0.2) is 42.7 Å². The van der Waals surface area contributed by atoms with Crippen molar-refractivity contribution in [2.45, 2.75) is 25.0 Å². The molecule has 1 aromatic carbocycles. The number of hydrogen-bond acceptors (Lipinski definition) is 3. The van der Waals surface area contributed by atoms with Crippen LogP contribution in [0.5, 0.6) is 0 Å². The van der Waals surface area contributed by atoms with E-state index >= 15 is 0 Å². The number of piperidine rings is 1. The van der Waals surface area contributed by atoms with E-state index in [0.717, 1.165) is 12.8 Å². The standard InChI is InChI=1S/C16H18ClN3O2/c17-13-10-18-20(11-13)14-6-8-19(9-7-14)16(22)15(21)12-4-2-1-3-5-12/h1-5,10-11,14-15,21H,6-9H2/t15-/m1/s1. The second kappa shape index (κ2) is 6.50. The number of carbonyl (C=O) groups is 1. The van der Waals surface area contributed by atoms with Gasteiger partial charge < -0.3 is 10.0 Å². The first-order chi connectivity index (χ1) is 10.6. The minimum Gasteiger partial charge on any atom is -0.378 e. The van der Waals surface area contributed by atoms with Gasteiger partial charge in [-0.2, -0.15) is 5.10 Å². The molecule has 116 valence electrons. The summed E-state index contributed by atoms with van der Waals surface area (Å²) >= 11 is 5.89. The van der Waals surface area contributed by atoms with Crippen LogP contribution >= 0.6 is 11.6 Å². The Bertz CT molecular complexity index is 636. The van der Waals surface area contributed by atoms with Crippen molar-refractivity contribution < 1.29 is 9.90 Å². The Morgan fingerprint density at radius 1 is 1.27 bits per heavy atom. The lowest BCUT2D eigenvalue weighted by Crippen LogP contribution is -2.41. The number of aliphatic hydroxyl groups excluding tert-OH is 1. The molecule has 0 saturated carbocycles. The van der Waals surface area contributed by atoms with Crippen molar-refractivity contribution in [2.24, 2.45) is 0 Å². The van der Waals surface area contributed by atoms with Gasteiger partial charge in [-0.1, -0.05) is 41.9 Å². The number of nitrogens with zero attached hydrogens (tertiary/aromatic N) is 3. The second-order valence-electron chi connectivity index (χ2n) is 5.51. The summed E-state index contributed by atoms with van der Waals surface area (Å²) < 4.78 is 1.86. The largest absolute Gasteiger partial charge is 0.378 e. The van der Waals surface area contributed by atoms with Gasteiger partial charge in [0.1, 0.15) is 0 Å². The summed E-state index contributed by atoms with van der Waals surface area (Å²) in [5.41, 5.74) is 0.633. The zero-order valence-corrected chi connectivity index (χ0v) is 12.9. The molecule has 0 spiro atoms. The lowest BCUT2D eigenvalue weighted by molar-refractivity contribution is -0.141. The molecule has 1 aliphatic rings. The van der Waals surface area contributed by atoms with Crippen LogP contribution in [-0.2, 0) is 4.79 Å². The van der Waals surface area contributed by atoms with E-state index in [2.05, 4.69) is 5.10 Å². The molecule has 2 aromatic rings. The summed E-state index contributed by atoms with van der Waals surface area (Å²) in [5, 5.41) is 15.0. The first-order valence-electron chi connectivity index (χ1n) is 7.36. The van der Waals surface area contributed by atoms with Gasteiger partial charge in [0.15, 0.2) is 6.10 Å². The van der Waals surface area contributed by atoms with Crippen molar-refractivity contribution >= 4 is 17.5 Å². The number of aromatic nitrogens is 2. The Balaban J connectivity index is 1.60. The summed E-state index contributed by atoms with van der Waals surface area (Å²) in [6.07, 6.45) is 3.97. The fraction of sp³-hybridized carbons (Fsp3) is 0.375. The molecule has 2 heterocycles. The van der Waals surface area contributed by atoms with E-state index in [0.29, 0.717) is 23.7 Å². The molecule has 1 atom stereocenters. The average Bonchev–Trinajstić information content (AvgIpc) is 3.01. The van der Waals surface area contributed by atoms with E-state index in [1.807, 2.05) is 29.1 Å². The summed E-state index contributed by atoms with van der Waals surface area (Å²) in [4.78, 5) is 14.1. The van der Waals surface area contributed by atoms with Crippen molar-refractivity contribution in [3.63, 3.8) is 0 Å². The van der Waals surface area contributed by atoms with Gasteiger partial charge in [-0.15, -0.1) is 0 Å². The lowest BCUT2D eigenvalue weighted by Gasteiger charge is -2.33. The Morgan fingerprint density at radius 2 is 1.95 bits per heavy atom. The van der Waals surface area contributed by atoms with Gasteiger partial charge in [0.05, 0.1) is 17.3 Å². The van der Waals surface area contributed by atoms with Crippen molar-refractivity contribution in [3.8, 4) is 0 Å². The first-order valence-corrected chi connectivity index (χ1v) is 7.74. The Morgan fingerprint density at radius 3 is 2.55 bits per heavy atom. The maximum atomic E-state index is 12.4. The molecule has 0 bridgehead atoms. The van der Waals surface area contributed by atoms with Gasteiger partial charge in [0.2, 0.25) is 0 Å². The molecule has 1 aromatic heterocycles. The molecule has 1 amide bonds. The number of hydrogen-bond donors (Lipinski definition) is 1. The minimum absolute atomic E-state index is 0.233. The van der Waals surface area contributed by atoms with E-state index in [-0.39, 0.29) is 11.9 Å². The van der Waals surface area contributed by atoms with Gasteiger partial charge >= 0.3 is 0 Å². The van der Waals surface area contributed by atoms with Crippen LogP contribution in [0, 0.1) is 0 Å². The number of benzene rings is 1. The molecule has 0 radical (unpaired) electrons. The van der Waals surface area contributed by atoms with Crippen LogP contribution in [-0.4, -0.2) is 38.8 Å². The molecule has 6 heteroatoms. The van der Waals surface area contributed by atoms with E-state index in [1.165, 1.54) is 0 Å². The smallest absolute Gasteiger partial charge is 0.256 e. The Labute approximate surface area is 134 Å². The van der Waals surface area contributed by atoms with Gasteiger partial charge in [-0.3, -0.25) is 9.48 Å². The molecule has 1 N–H and O–H groups in total. The zero-order valence-electron chi connectivity index (χ0n) is 12.1. The Hall–Kier alpha value is -1.85. The fourth-order valence-electron chi connectivity index (χ4n) is 2.82. The highest BCUT2D eigenvalue weighted by atomic mass is 35.5. The molecular formula is C16H18ClN3O2. The quantitative estimate of drug-likeness (QED) is 0.945. The molecule has 5 nitrogen and oxygen atoms in total. The summed E-state index contributed by atoms with van der Waals surface area (Å²) in [6, 6.07) is 9.29. The lowest BCUT2D eigenvalue weighted by atomic mass is 10.0. The normalized spacial score (nSPS) is 17.5. The van der Waals surface area contributed by atoms with Crippen molar-refractivity contribution in [3.05, 3.63) is 53.3 Å². The van der Waals surface area contributed by atoms with Gasteiger partial charge in [0, 0.05) is 19.3 Å². The fourth-order valence-corrected chi connectivity index (χ4v) is 2.96. The summed E-state index contributed by atoms with van der Waals surface area (Å²) in [7, 11) is 0. The predicted octanol–water partition coefficient (Wildman–Crippen LogP) is 2.43. The van der Waals surface area contributed by atoms with Gasteiger partial charge in [-0.25, -0.2) is 0 Å². The molecule has 1 saturated heterocycles. The van der Waals surface area contributed by atoms with E-state index in [9.17, 15) is 9.90 Å². The molecule has 0 unspecified atom stereocenters. The molecule has 1 aliphatic heterocycles. The van der Waals surface area contributed by atoms with Crippen LogP contribution in [0.25, 0.3) is 0 Å². The third-order valence-electron chi connectivity index (χ3n) is 4.07. The van der Waals surface area contributed by atoms with Crippen LogP contribution < -0.4 is 0 Å². The highest BCUT2D eigenvalue weighted by Gasteiger charge is 2.28. The van der Waals surface area contributed by atoms with Crippen molar-refractivity contribution in [1.29, 1.82) is 0 Å². The molecule has 3 rings (SSSR count). The number of carbonyl (C=O) groups excluding carboxylic acids is 1. The number of likely N-dealkylation sites (tertiary alicyclic amines) is 1. The first kappa shape index (κ1) is 15.1. The third kappa shape index (κ3) is 3.15. The van der Waals surface area contributed by atoms with Gasteiger partial charge in [-0.05, 0) is 18.4 Å². The Kier molecular flexibility index (Phi) is 4.45. The second-order valence-corrected chi connectivity index (χ2v) is 5.94. The van der Waals surface area contributed by atoms with Crippen LogP contribution in [0.1, 0.15) is 30.6 Å². The summed E-state index contributed by atoms with van der Waals surface area (Å²) in [5.74, 6) is -0.233. The van der Waals surface area contributed by atoms with Crippen molar-refractivity contribution in [1.82, 2.24) is 14.7 Å². The van der Waals surface area contributed by atoms with Gasteiger partial charge in [0.25, 0.3) is 5.91 Å². The maximum absolute atomic E-state index is 12.4. The molecular weight excluding hydrogens is 302 g/mol. The number of halogens is 1. The maximum Gasteiger partial charge on any atom is 0.256 e. The van der Waals surface area contributed by atoms with Crippen LogP contribution in [0.3, 0.4) is 0 Å². The number of amides is 1. The molecule has 0 aliphatic carbocycles. The molecule has 22 heavy (non-hydrogen) atoms. The van der Waals surface area contributed by atoms with E-state index < -0.39 is 6.10 Å². The SMILES string of the molecule is O=C([C@H](O)c1ccccc1)N1CCC(n2cc(Cl)cn2)CC1. The zero-order chi connectivity index (χ0) is 15.5. The van der Waals surface area contributed by atoms with E-state index in [4.69, 9.17) is 11.6 Å². The highest BCUT2D eigenvalue weighted by Crippen LogP contribution is 2.25. The molecule has 1 fully saturated rings. The number of rotatable bonds is 3. The van der Waals surface area contributed by atoms with Crippen molar-refractivity contribution in [2.75, 3.05) is 13.1 Å². The van der Waals surface area contributed by atoms with Crippen LogP contribution in [0.4, 0.5) is 0 Å². The topological polar surface area (TPSA) is 58.4 Å². The van der Waals surface area contributed by atoms with Crippen LogP contribution in [0.2, 0.25) is 5.02 Å².